The minimum Gasteiger partial charge on any atom is -0.336 e. The van der Waals surface area contributed by atoms with Crippen molar-refractivity contribution in [2.45, 2.75) is 25.3 Å². The maximum absolute atomic E-state index is 13.4. The van der Waals surface area contributed by atoms with Gasteiger partial charge in [-0.05, 0) is 66.4 Å². The number of fused-ring (bicyclic) bond motifs is 1. The molecule has 5 aromatic rings. The van der Waals surface area contributed by atoms with Crippen LogP contribution in [0.3, 0.4) is 0 Å². The number of hydrogen-bond acceptors (Lipinski definition) is 7. The Morgan fingerprint density at radius 1 is 0.909 bits per heavy atom. The Labute approximate surface area is 253 Å². The van der Waals surface area contributed by atoms with Crippen molar-refractivity contribution in [3.63, 3.8) is 0 Å². The standard InChI is InChI=1S/C33H31FN8O2/c34-24-2-1-3-25(17-24)37-31(43)19-26-18-30(40-39-26)38-32-28-11-8-23(16-29(28)35-20-36-32)21-4-6-22(7-5-21)33(44)42-14-12-41(13-15-42)27-9-10-27/h1-8,11,16-18,20,27H,9-10,12-15,19H2,(H,37,43)(H2,35,36,38,39,40). The molecular weight excluding hydrogens is 559 g/mol. The summed E-state index contributed by atoms with van der Waals surface area (Å²) >= 11 is 0. The van der Waals surface area contributed by atoms with Crippen LogP contribution in [0.1, 0.15) is 28.9 Å². The minimum absolute atomic E-state index is 0.0422. The van der Waals surface area contributed by atoms with Crippen LogP contribution in [0.2, 0.25) is 0 Å². The first-order valence-electron chi connectivity index (χ1n) is 14.7. The van der Waals surface area contributed by atoms with Crippen molar-refractivity contribution >= 4 is 40.0 Å². The van der Waals surface area contributed by atoms with Gasteiger partial charge in [-0.1, -0.05) is 24.3 Å². The molecule has 3 aromatic carbocycles. The summed E-state index contributed by atoms with van der Waals surface area (Å²) in [6.45, 7) is 3.48. The largest absolute Gasteiger partial charge is 0.336 e. The van der Waals surface area contributed by atoms with Crippen LogP contribution in [0.5, 0.6) is 0 Å². The van der Waals surface area contributed by atoms with Crippen molar-refractivity contribution in [2.24, 2.45) is 0 Å². The highest BCUT2D eigenvalue weighted by Gasteiger charge is 2.32. The molecule has 222 valence electrons. The second-order valence-electron chi connectivity index (χ2n) is 11.2. The molecule has 44 heavy (non-hydrogen) atoms. The molecule has 7 rings (SSSR count). The van der Waals surface area contributed by atoms with E-state index in [0.29, 0.717) is 28.6 Å². The van der Waals surface area contributed by atoms with Gasteiger partial charge in [-0.25, -0.2) is 14.4 Å². The van der Waals surface area contributed by atoms with Crippen LogP contribution in [0.4, 0.5) is 21.7 Å². The topological polar surface area (TPSA) is 119 Å². The fourth-order valence-corrected chi connectivity index (χ4v) is 5.64. The molecule has 2 amide bonds. The lowest BCUT2D eigenvalue weighted by Crippen LogP contribution is -2.49. The van der Waals surface area contributed by atoms with Crippen LogP contribution in [-0.2, 0) is 11.2 Å². The first-order valence-corrected chi connectivity index (χ1v) is 14.7. The summed E-state index contributed by atoms with van der Waals surface area (Å²) in [7, 11) is 0. The van der Waals surface area contributed by atoms with Crippen LogP contribution < -0.4 is 10.6 Å². The Morgan fingerprint density at radius 2 is 1.70 bits per heavy atom. The van der Waals surface area contributed by atoms with E-state index in [0.717, 1.165) is 54.3 Å². The molecule has 1 aliphatic heterocycles. The minimum atomic E-state index is -0.419. The second-order valence-corrected chi connectivity index (χ2v) is 11.2. The average molecular weight is 591 g/mol. The SMILES string of the molecule is O=C(Cc1cc(Nc2ncnc3cc(-c4ccc(C(=O)N5CCN(C6CC6)CC5)cc4)ccc23)n[nH]1)Nc1cccc(F)c1. The van der Waals surface area contributed by atoms with Crippen molar-refractivity contribution in [2.75, 3.05) is 36.8 Å². The zero-order chi connectivity index (χ0) is 30.0. The van der Waals surface area contributed by atoms with E-state index < -0.39 is 5.82 Å². The number of carbonyl (C=O) groups is 2. The van der Waals surface area contributed by atoms with E-state index in [2.05, 4.69) is 35.7 Å². The molecule has 2 aliphatic rings. The number of hydrogen-bond donors (Lipinski definition) is 3. The molecule has 0 radical (unpaired) electrons. The fourth-order valence-electron chi connectivity index (χ4n) is 5.64. The molecule has 10 nitrogen and oxygen atoms in total. The number of nitrogens with zero attached hydrogens (tertiary/aromatic N) is 5. The number of carbonyl (C=O) groups excluding carboxylic acids is 2. The molecule has 0 unspecified atom stereocenters. The van der Waals surface area contributed by atoms with Gasteiger partial charge in [0.15, 0.2) is 5.82 Å². The van der Waals surface area contributed by atoms with E-state index in [-0.39, 0.29) is 18.2 Å². The zero-order valence-electron chi connectivity index (χ0n) is 24.0. The van der Waals surface area contributed by atoms with E-state index in [1.807, 2.05) is 47.4 Å². The summed E-state index contributed by atoms with van der Waals surface area (Å²) in [4.78, 5) is 38.8. The number of aromatic nitrogens is 4. The molecule has 0 bridgehead atoms. The lowest BCUT2D eigenvalue weighted by atomic mass is 10.0. The summed E-state index contributed by atoms with van der Waals surface area (Å²) in [6, 6.07) is 21.9. The third-order valence-electron chi connectivity index (χ3n) is 8.10. The van der Waals surface area contributed by atoms with Gasteiger partial charge in [0.25, 0.3) is 5.91 Å². The van der Waals surface area contributed by atoms with Gasteiger partial charge in [-0.2, -0.15) is 5.10 Å². The van der Waals surface area contributed by atoms with Crippen molar-refractivity contribution in [3.05, 3.63) is 96.2 Å². The van der Waals surface area contributed by atoms with Crippen LogP contribution in [0, 0.1) is 5.82 Å². The number of benzene rings is 3. The number of rotatable bonds is 8. The highest BCUT2D eigenvalue weighted by molar-refractivity contribution is 5.96. The van der Waals surface area contributed by atoms with E-state index in [9.17, 15) is 14.0 Å². The van der Waals surface area contributed by atoms with Crippen molar-refractivity contribution in [3.8, 4) is 11.1 Å². The van der Waals surface area contributed by atoms with E-state index in [1.54, 1.807) is 12.1 Å². The van der Waals surface area contributed by atoms with Gasteiger partial charge in [-0.3, -0.25) is 19.6 Å². The lowest BCUT2D eigenvalue weighted by Gasteiger charge is -2.34. The Morgan fingerprint density at radius 3 is 2.48 bits per heavy atom. The normalized spacial score (nSPS) is 15.3. The molecule has 3 N–H and O–H groups in total. The maximum atomic E-state index is 13.4. The maximum Gasteiger partial charge on any atom is 0.253 e. The molecule has 3 heterocycles. The van der Waals surface area contributed by atoms with Gasteiger partial charge in [0.05, 0.1) is 11.9 Å². The van der Waals surface area contributed by atoms with Crippen LogP contribution in [0.25, 0.3) is 22.0 Å². The number of nitrogens with one attached hydrogen (secondary N) is 3. The summed E-state index contributed by atoms with van der Waals surface area (Å²) in [5.41, 5.74) is 4.40. The van der Waals surface area contributed by atoms with Crippen molar-refractivity contribution in [1.29, 1.82) is 0 Å². The van der Waals surface area contributed by atoms with E-state index in [4.69, 9.17) is 0 Å². The third-order valence-corrected chi connectivity index (χ3v) is 8.10. The molecule has 0 spiro atoms. The first kappa shape index (κ1) is 27.7. The van der Waals surface area contributed by atoms with Crippen molar-refractivity contribution in [1.82, 2.24) is 30.0 Å². The predicted octanol–water partition coefficient (Wildman–Crippen LogP) is 5.00. The van der Waals surface area contributed by atoms with Gasteiger partial charge < -0.3 is 15.5 Å². The Balaban J connectivity index is 1.000. The summed E-state index contributed by atoms with van der Waals surface area (Å²) < 4.78 is 13.4. The fraction of sp³-hybridized carbons (Fsp3) is 0.242. The second kappa shape index (κ2) is 11.8. The summed E-state index contributed by atoms with van der Waals surface area (Å²) in [6.07, 6.45) is 4.11. The smallest absolute Gasteiger partial charge is 0.253 e. The highest BCUT2D eigenvalue weighted by Crippen LogP contribution is 2.29. The molecular formula is C33H31FN8O2. The molecule has 11 heteroatoms. The summed E-state index contributed by atoms with van der Waals surface area (Å²) in [5.74, 6) is 0.443. The Bertz CT molecular complexity index is 1830. The molecule has 0 atom stereocenters. The number of H-pyrrole nitrogens is 1. The van der Waals surface area contributed by atoms with Gasteiger partial charge in [0, 0.05) is 60.6 Å². The van der Waals surface area contributed by atoms with Gasteiger partial charge in [-0.15, -0.1) is 0 Å². The number of amides is 2. The van der Waals surface area contributed by atoms with Gasteiger partial charge >= 0.3 is 0 Å². The van der Waals surface area contributed by atoms with Crippen molar-refractivity contribution < 1.29 is 14.0 Å². The monoisotopic (exact) mass is 590 g/mol. The number of halogens is 1. The first-order chi connectivity index (χ1) is 21.5. The molecule has 2 aromatic heterocycles. The van der Waals surface area contributed by atoms with Gasteiger partial charge in [0.1, 0.15) is 18.0 Å². The lowest BCUT2D eigenvalue weighted by molar-refractivity contribution is -0.115. The molecule has 1 saturated heterocycles. The predicted molar refractivity (Wildman–Crippen MR) is 166 cm³/mol. The Kier molecular flexibility index (Phi) is 7.45. The third kappa shape index (κ3) is 6.13. The van der Waals surface area contributed by atoms with Gasteiger partial charge in [0.2, 0.25) is 5.91 Å². The quantitative estimate of drug-likeness (QED) is 0.233. The van der Waals surface area contributed by atoms with Crippen LogP contribution in [0.15, 0.2) is 79.1 Å². The number of aromatic amines is 1. The van der Waals surface area contributed by atoms with Crippen LogP contribution in [-0.4, -0.2) is 74.0 Å². The Hall–Kier alpha value is -5.16. The number of piperazine rings is 1. The molecule has 2 fully saturated rings. The van der Waals surface area contributed by atoms with E-state index in [1.165, 1.54) is 37.4 Å². The molecule has 1 aliphatic carbocycles. The highest BCUT2D eigenvalue weighted by atomic mass is 19.1. The molecule has 1 saturated carbocycles. The van der Waals surface area contributed by atoms with Crippen LogP contribution >= 0.6 is 0 Å². The average Bonchev–Trinajstić information content (AvgIpc) is 3.81. The van der Waals surface area contributed by atoms with E-state index >= 15 is 0 Å². The number of anilines is 3. The summed E-state index contributed by atoms with van der Waals surface area (Å²) in [5, 5.41) is 13.8. The zero-order valence-corrected chi connectivity index (χ0v) is 24.0.